The van der Waals surface area contributed by atoms with E-state index in [1.165, 1.54) is 17.0 Å². The van der Waals surface area contributed by atoms with E-state index in [1.54, 1.807) is 79.7 Å². The fraction of sp³-hybridized carbons (Fsp3) is 0.286. The summed E-state index contributed by atoms with van der Waals surface area (Å²) in [6.45, 7) is 5.02. The van der Waals surface area contributed by atoms with Crippen LogP contribution in [0, 0.1) is 0 Å². The number of carbonyl (C=O) groups is 2. The maximum absolute atomic E-state index is 13.8. The van der Waals surface area contributed by atoms with Crippen molar-refractivity contribution < 1.29 is 18.0 Å². The Morgan fingerprint density at radius 1 is 0.892 bits per heavy atom. The Kier molecular flexibility index (Phi) is 9.72. The van der Waals surface area contributed by atoms with Gasteiger partial charge >= 0.3 is 0 Å². The van der Waals surface area contributed by atoms with Gasteiger partial charge in [0.25, 0.3) is 10.0 Å². The number of rotatable bonds is 11. The molecule has 0 radical (unpaired) electrons. The van der Waals surface area contributed by atoms with Crippen molar-refractivity contribution in [3.63, 3.8) is 0 Å². The van der Waals surface area contributed by atoms with Crippen LogP contribution < -0.4 is 9.62 Å². The third kappa shape index (κ3) is 7.11. The molecule has 3 aromatic rings. The molecular formula is C28H32ClN3O4S. The van der Waals surface area contributed by atoms with Gasteiger partial charge in [0.05, 0.1) is 10.6 Å². The van der Waals surface area contributed by atoms with Gasteiger partial charge < -0.3 is 10.2 Å². The van der Waals surface area contributed by atoms with E-state index in [-0.39, 0.29) is 23.4 Å². The number of anilines is 1. The van der Waals surface area contributed by atoms with E-state index in [0.29, 0.717) is 16.3 Å². The summed E-state index contributed by atoms with van der Waals surface area (Å²) in [7, 11) is -4.07. The van der Waals surface area contributed by atoms with Gasteiger partial charge in [0, 0.05) is 17.6 Å². The Balaban J connectivity index is 2.00. The van der Waals surface area contributed by atoms with Gasteiger partial charge in [-0.15, -0.1) is 0 Å². The highest BCUT2D eigenvalue weighted by Crippen LogP contribution is 2.25. The minimum absolute atomic E-state index is 0.0433. The van der Waals surface area contributed by atoms with Crippen LogP contribution in [0.1, 0.15) is 32.8 Å². The van der Waals surface area contributed by atoms with Crippen LogP contribution in [-0.2, 0) is 26.2 Å². The van der Waals surface area contributed by atoms with Gasteiger partial charge in [-0.05, 0) is 56.2 Å². The summed E-state index contributed by atoms with van der Waals surface area (Å²) in [6, 6.07) is 22.5. The lowest BCUT2D eigenvalue weighted by atomic mass is 10.1. The third-order valence-corrected chi connectivity index (χ3v) is 8.28. The Labute approximate surface area is 224 Å². The molecular weight excluding hydrogens is 510 g/mol. The second-order valence-corrected chi connectivity index (χ2v) is 11.0. The van der Waals surface area contributed by atoms with Crippen LogP contribution in [0.25, 0.3) is 0 Å². The maximum Gasteiger partial charge on any atom is 0.264 e. The highest BCUT2D eigenvalue weighted by molar-refractivity contribution is 7.92. The average Bonchev–Trinajstić information content (AvgIpc) is 2.91. The van der Waals surface area contributed by atoms with Crippen LogP contribution in [0.5, 0.6) is 0 Å². The molecule has 0 fully saturated rings. The smallest absolute Gasteiger partial charge is 0.264 e. The zero-order valence-electron chi connectivity index (χ0n) is 21.2. The summed E-state index contributed by atoms with van der Waals surface area (Å²) in [5.41, 5.74) is 0.993. The fourth-order valence-electron chi connectivity index (χ4n) is 3.70. The number of benzene rings is 3. The van der Waals surface area contributed by atoms with Gasteiger partial charge in [0.15, 0.2) is 0 Å². The minimum atomic E-state index is -4.07. The number of sulfonamides is 1. The molecule has 1 N–H and O–H groups in total. The van der Waals surface area contributed by atoms with Crippen LogP contribution in [0.15, 0.2) is 89.8 Å². The molecule has 0 unspecified atom stereocenters. The molecule has 3 aromatic carbocycles. The van der Waals surface area contributed by atoms with Crippen LogP contribution in [-0.4, -0.2) is 43.8 Å². The molecule has 2 amide bonds. The molecule has 0 heterocycles. The number of nitrogens with zero attached hydrogens (tertiary/aromatic N) is 2. The average molecular weight is 542 g/mol. The molecule has 0 aliphatic carbocycles. The lowest BCUT2D eigenvalue weighted by Gasteiger charge is -2.32. The summed E-state index contributed by atoms with van der Waals surface area (Å²) in [5, 5.41) is 3.36. The van der Waals surface area contributed by atoms with Gasteiger partial charge in [-0.3, -0.25) is 13.9 Å². The van der Waals surface area contributed by atoms with Crippen molar-refractivity contribution in [3.8, 4) is 0 Å². The van der Waals surface area contributed by atoms with Crippen LogP contribution in [0.3, 0.4) is 0 Å². The van der Waals surface area contributed by atoms with E-state index in [2.05, 4.69) is 5.32 Å². The summed E-state index contributed by atoms with van der Waals surface area (Å²) < 4.78 is 28.4. The Hall–Kier alpha value is -3.36. The van der Waals surface area contributed by atoms with Gasteiger partial charge in [0.1, 0.15) is 12.6 Å². The number of nitrogens with one attached hydrogen (secondary N) is 1. The molecule has 196 valence electrons. The van der Waals surface area contributed by atoms with Gasteiger partial charge in [-0.2, -0.15) is 0 Å². The lowest BCUT2D eigenvalue weighted by Crippen LogP contribution is -2.52. The monoisotopic (exact) mass is 541 g/mol. The van der Waals surface area contributed by atoms with E-state index in [4.69, 9.17) is 11.6 Å². The number of carbonyl (C=O) groups excluding carboxylic acids is 2. The standard InChI is InChI=1S/C28H32ClN3O4S/c1-4-21(2)30-28(34)22(3)31(19-23-13-11-12-18-26(23)29)27(33)20-32(24-14-7-5-8-15-24)37(35,36)25-16-9-6-10-17-25/h5-18,21-22H,4,19-20H2,1-3H3,(H,30,34)/t21-,22+/m0/s1. The normalized spacial score (nSPS) is 12.9. The van der Waals surface area contributed by atoms with Crippen molar-refractivity contribution in [1.82, 2.24) is 10.2 Å². The molecule has 0 saturated carbocycles. The zero-order chi connectivity index (χ0) is 27.0. The number of hydrogen-bond donors (Lipinski definition) is 1. The van der Waals surface area contributed by atoms with Crippen LogP contribution in [0.2, 0.25) is 5.02 Å². The first-order chi connectivity index (χ1) is 17.6. The molecule has 0 aliphatic heterocycles. The maximum atomic E-state index is 13.8. The second-order valence-electron chi connectivity index (χ2n) is 8.77. The van der Waals surface area contributed by atoms with Crippen molar-refractivity contribution in [2.75, 3.05) is 10.8 Å². The van der Waals surface area contributed by atoms with Crippen molar-refractivity contribution in [2.24, 2.45) is 0 Å². The predicted molar refractivity (Wildman–Crippen MR) is 147 cm³/mol. The molecule has 3 rings (SSSR count). The summed E-state index contributed by atoms with van der Waals surface area (Å²) >= 11 is 6.37. The Morgan fingerprint density at radius 2 is 1.46 bits per heavy atom. The lowest BCUT2D eigenvalue weighted by molar-refractivity contribution is -0.139. The first-order valence-corrected chi connectivity index (χ1v) is 13.9. The Bertz CT molecular complexity index is 1300. The molecule has 2 atom stereocenters. The van der Waals surface area contributed by atoms with Crippen LogP contribution in [0.4, 0.5) is 5.69 Å². The molecule has 7 nitrogen and oxygen atoms in total. The minimum Gasteiger partial charge on any atom is -0.352 e. The number of hydrogen-bond acceptors (Lipinski definition) is 4. The van der Waals surface area contributed by atoms with Crippen molar-refractivity contribution in [1.29, 1.82) is 0 Å². The van der Waals surface area contributed by atoms with E-state index in [0.717, 1.165) is 10.7 Å². The zero-order valence-corrected chi connectivity index (χ0v) is 22.7. The highest BCUT2D eigenvalue weighted by atomic mass is 35.5. The number of para-hydroxylation sites is 1. The summed E-state index contributed by atoms with van der Waals surface area (Å²) in [6.07, 6.45) is 0.730. The molecule has 0 aliphatic rings. The molecule has 0 bridgehead atoms. The van der Waals surface area contributed by atoms with Crippen molar-refractivity contribution in [3.05, 3.63) is 95.5 Å². The van der Waals surface area contributed by atoms with E-state index >= 15 is 0 Å². The third-order valence-electron chi connectivity index (χ3n) is 6.12. The first kappa shape index (κ1) is 28.2. The SMILES string of the molecule is CC[C@H](C)NC(=O)[C@@H](C)N(Cc1ccccc1Cl)C(=O)CN(c1ccccc1)S(=O)(=O)c1ccccc1. The van der Waals surface area contributed by atoms with Gasteiger partial charge in [-0.1, -0.05) is 73.1 Å². The summed E-state index contributed by atoms with van der Waals surface area (Å²) in [4.78, 5) is 28.3. The Morgan fingerprint density at radius 3 is 2.05 bits per heavy atom. The molecule has 0 aromatic heterocycles. The molecule has 9 heteroatoms. The first-order valence-electron chi connectivity index (χ1n) is 12.1. The molecule has 0 spiro atoms. The molecule has 0 saturated heterocycles. The van der Waals surface area contributed by atoms with E-state index in [1.807, 2.05) is 13.8 Å². The topological polar surface area (TPSA) is 86.8 Å². The van der Waals surface area contributed by atoms with Gasteiger partial charge in [-0.25, -0.2) is 8.42 Å². The second kappa shape index (κ2) is 12.7. The predicted octanol–water partition coefficient (Wildman–Crippen LogP) is 4.87. The highest BCUT2D eigenvalue weighted by Gasteiger charge is 2.32. The number of amides is 2. The van der Waals surface area contributed by atoms with Crippen LogP contribution >= 0.6 is 11.6 Å². The molecule has 37 heavy (non-hydrogen) atoms. The largest absolute Gasteiger partial charge is 0.352 e. The summed E-state index contributed by atoms with van der Waals surface area (Å²) in [5.74, 6) is -0.859. The van der Waals surface area contributed by atoms with Crippen molar-refractivity contribution >= 4 is 39.1 Å². The van der Waals surface area contributed by atoms with Gasteiger partial charge in [0.2, 0.25) is 11.8 Å². The van der Waals surface area contributed by atoms with Crippen molar-refractivity contribution in [2.45, 2.75) is 50.7 Å². The fourth-order valence-corrected chi connectivity index (χ4v) is 5.33. The van der Waals surface area contributed by atoms with E-state index in [9.17, 15) is 18.0 Å². The van der Waals surface area contributed by atoms with E-state index < -0.39 is 28.5 Å². The number of halogens is 1. The quantitative estimate of drug-likeness (QED) is 0.375.